The molecule has 0 amide bonds. The third-order valence-corrected chi connectivity index (χ3v) is 8.83. The quantitative estimate of drug-likeness (QED) is 0.142. The van der Waals surface area contributed by atoms with E-state index >= 15 is 0 Å². The Hall–Kier alpha value is -1.53. The minimum absolute atomic E-state index is 0.159. The molecule has 0 atom stereocenters. The van der Waals surface area contributed by atoms with Crippen molar-refractivity contribution in [3.63, 3.8) is 0 Å². The topological polar surface area (TPSA) is 36.9 Å². The zero-order valence-electron chi connectivity index (χ0n) is 29.9. The van der Waals surface area contributed by atoms with Gasteiger partial charge in [0.2, 0.25) is 0 Å². The third-order valence-electron chi connectivity index (χ3n) is 6.83. The molecule has 0 fully saturated rings. The van der Waals surface area contributed by atoms with Crippen LogP contribution in [0.15, 0.2) is 42.5 Å². The van der Waals surface area contributed by atoms with E-state index in [-0.39, 0.29) is 10.8 Å². The van der Waals surface area contributed by atoms with Crippen LogP contribution in [0.5, 0.6) is 11.5 Å². The molecule has 2 rings (SSSR count). The SMILES string of the molecule is CCl.COCOc1ccc(C(C)(C)CC(C)(C)C)cc1.COCOc1ccc(C(C)(C)CC(C)(C)C)cc1[Si](C)(C)C. The smallest absolute Gasteiger partial charge is 0.188 e. The molecule has 42 heavy (non-hydrogen) atoms. The van der Waals surface area contributed by atoms with E-state index in [0.29, 0.717) is 24.4 Å². The summed E-state index contributed by atoms with van der Waals surface area (Å²) in [5.74, 6) is 1.84. The summed E-state index contributed by atoms with van der Waals surface area (Å²) >= 11 is 4.64. The van der Waals surface area contributed by atoms with Crippen LogP contribution in [0.2, 0.25) is 19.6 Å². The van der Waals surface area contributed by atoms with Crippen LogP contribution in [0.1, 0.15) is 93.2 Å². The zero-order valence-corrected chi connectivity index (χ0v) is 31.6. The van der Waals surface area contributed by atoms with Gasteiger partial charge in [0.1, 0.15) is 11.5 Å². The van der Waals surface area contributed by atoms with Crippen LogP contribution < -0.4 is 14.7 Å². The van der Waals surface area contributed by atoms with Crippen LogP contribution in [0.3, 0.4) is 0 Å². The Bertz CT molecular complexity index is 1030. The lowest BCUT2D eigenvalue weighted by Gasteiger charge is -2.34. The second kappa shape index (κ2) is 17.1. The van der Waals surface area contributed by atoms with E-state index in [2.05, 4.69) is 131 Å². The maximum atomic E-state index is 5.79. The molecule has 0 aromatic heterocycles. The Kier molecular flexibility index (Phi) is 16.5. The summed E-state index contributed by atoms with van der Waals surface area (Å²) in [5.41, 5.74) is 3.74. The lowest BCUT2D eigenvalue weighted by molar-refractivity contribution is 0.0510. The molecule has 0 aliphatic heterocycles. The molecule has 242 valence electrons. The second-order valence-electron chi connectivity index (χ2n) is 15.8. The van der Waals surface area contributed by atoms with E-state index in [1.807, 2.05) is 12.1 Å². The van der Waals surface area contributed by atoms with Crippen LogP contribution in [-0.2, 0) is 20.3 Å². The fourth-order valence-electron chi connectivity index (χ4n) is 5.77. The molecule has 0 aliphatic rings. The molecular formula is C36H63ClO4Si. The zero-order chi connectivity index (χ0) is 33.0. The lowest BCUT2D eigenvalue weighted by Crippen LogP contribution is -2.40. The van der Waals surface area contributed by atoms with E-state index in [9.17, 15) is 0 Å². The predicted molar refractivity (Wildman–Crippen MR) is 187 cm³/mol. The average Bonchev–Trinajstić information content (AvgIpc) is 2.84. The van der Waals surface area contributed by atoms with E-state index in [0.717, 1.165) is 24.3 Å². The number of halogens is 1. The Morgan fingerprint density at radius 1 is 0.595 bits per heavy atom. The van der Waals surface area contributed by atoms with Gasteiger partial charge in [0.15, 0.2) is 13.6 Å². The van der Waals surface area contributed by atoms with E-state index < -0.39 is 8.07 Å². The first kappa shape index (κ1) is 40.5. The average molecular weight is 623 g/mol. The van der Waals surface area contributed by atoms with Gasteiger partial charge in [-0.05, 0) is 69.0 Å². The monoisotopic (exact) mass is 622 g/mol. The molecule has 4 nitrogen and oxygen atoms in total. The summed E-state index contributed by atoms with van der Waals surface area (Å²) in [4.78, 5) is 0. The molecule has 0 saturated heterocycles. The van der Waals surface area contributed by atoms with Crippen molar-refractivity contribution >= 4 is 24.9 Å². The van der Waals surface area contributed by atoms with Crippen LogP contribution in [0.4, 0.5) is 0 Å². The van der Waals surface area contributed by atoms with Crippen molar-refractivity contribution in [3.8, 4) is 11.5 Å². The highest BCUT2D eigenvalue weighted by Crippen LogP contribution is 2.38. The molecule has 0 radical (unpaired) electrons. The molecule has 2 aromatic rings. The minimum Gasteiger partial charge on any atom is -0.468 e. The largest absolute Gasteiger partial charge is 0.468 e. The highest BCUT2D eigenvalue weighted by Gasteiger charge is 2.30. The number of hydrogen-bond acceptors (Lipinski definition) is 4. The first-order chi connectivity index (χ1) is 19.1. The lowest BCUT2D eigenvalue weighted by atomic mass is 9.72. The highest BCUT2D eigenvalue weighted by molar-refractivity contribution is 6.89. The first-order valence-electron chi connectivity index (χ1n) is 15.0. The Morgan fingerprint density at radius 3 is 1.40 bits per heavy atom. The van der Waals surface area contributed by atoms with E-state index in [4.69, 9.17) is 18.9 Å². The first-order valence-corrected chi connectivity index (χ1v) is 19.2. The summed E-state index contributed by atoms with van der Waals surface area (Å²) in [6.45, 7) is 30.8. The van der Waals surface area contributed by atoms with Crippen molar-refractivity contribution in [1.29, 1.82) is 0 Å². The van der Waals surface area contributed by atoms with Crippen LogP contribution in [0.25, 0.3) is 0 Å². The number of alkyl halides is 1. The number of rotatable bonds is 11. The summed E-state index contributed by atoms with van der Waals surface area (Å²) in [6.07, 6.45) is 3.78. The Labute approximate surface area is 265 Å². The highest BCUT2D eigenvalue weighted by atomic mass is 35.5. The molecule has 2 aromatic carbocycles. The molecule has 0 spiro atoms. The van der Waals surface area contributed by atoms with Gasteiger partial charge in [0, 0.05) is 20.6 Å². The van der Waals surface area contributed by atoms with E-state index in [1.54, 1.807) is 14.2 Å². The number of methoxy groups -OCH3 is 2. The molecular weight excluding hydrogens is 560 g/mol. The molecule has 6 heteroatoms. The van der Waals surface area contributed by atoms with Gasteiger partial charge in [-0.15, -0.1) is 11.6 Å². The van der Waals surface area contributed by atoms with Gasteiger partial charge < -0.3 is 18.9 Å². The fraction of sp³-hybridized carbons (Fsp3) is 0.667. The van der Waals surface area contributed by atoms with Crippen molar-refractivity contribution in [2.24, 2.45) is 10.8 Å². The maximum absolute atomic E-state index is 5.79. The van der Waals surface area contributed by atoms with Crippen molar-refractivity contribution in [3.05, 3.63) is 53.6 Å². The number of ether oxygens (including phenoxy) is 4. The van der Waals surface area contributed by atoms with Gasteiger partial charge in [-0.2, -0.15) is 0 Å². The van der Waals surface area contributed by atoms with Crippen molar-refractivity contribution < 1.29 is 18.9 Å². The van der Waals surface area contributed by atoms with Crippen molar-refractivity contribution in [2.45, 2.75) is 113 Å². The number of benzene rings is 2. The van der Waals surface area contributed by atoms with Gasteiger partial charge in [0.05, 0.1) is 8.07 Å². The van der Waals surface area contributed by atoms with Gasteiger partial charge in [0.25, 0.3) is 0 Å². The molecule has 0 saturated carbocycles. The Morgan fingerprint density at radius 2 is 1.00 bits per heavy atom. The summed E-state index contributed by atoms with van der Waals surface area (Å²) in [6, 6.07) is 15.1. The van der Waals surface area contributed by atoms with Crippen LogP contribution >= 0.6 is 11.6 Å². The van der Waals surface area contributed by atoms with Crippen LogP contribution in [-0.4, -0.2) is 42.3 Å². The normalized spacial score (nSPS) is 12.5. The number of hydrogen-bond donors (Lipinski definition) is 0. The standard InChI is InChI=1S/C19H34O2Si.C16H26O2.CH3Cl/c1-18(2,3)13-19(4,5)15-10-11-16(21-14-20-6)17(12-15)22(7,8)9;1-15(2,3)11-16(4,5)13-7-9-14(10-8-13)18-12-17-6;1-2/h10-12H,13-14H2,1-9H3;7-10H,11-12H2,1-6H3;1H3. The third kappa shape index (κ3) is 15.3. The van der Waals surface area contributed by atoms with Gasteiger partial charge >= 0.3 is 0 Å². The second-order valence-corrected chi connectivity index (χ2v) is 20.9. The predicted octanol–water partition coefficient (Wildman–Crippen LogP) is 10.2. The van der Waals surface area contributed by atoms with Gasteiger partial charge in [-0.25, -0.2) is 0 Å². The molecule has 0 N–H and O–H groups in total. The molecule has 0 heterocycles. The van der Waals surface area contributed by atoms with Crippen molar-refractivity contribution in [1.82, 2.24) is 0 Å². The molecule has 0 bridgehead atoms. The van der Waals surface area contributed by atoms with Gasteiger partial charge in [-0.3, -0.25) is 0 Å². The molecule has 0 aliphatic carbocycles. The summed E-state index contributed by atoms with van der Waals surface area (Å²) in [7, 11) is 1.81. The van der Waals surface area contributed by atoms with Crippen LogP contribution in [0, 0.1) is 10.8 Å². The fourth-order valence-corrected chi connectivity index (χ4v) is 7.25. The van der Waals surface area contributed by atoms with Crippen molar-refractivity contribution in [2.75, 3.05) is 34.2 Å². The minimum atomic E-state index is -1.48. The summed E-state index contributed by atoms with van der Waals surface area (Å²) in [5, 5.41) is 1.38. The summed E-state index contributed by atoms with van der Waals surface area (Å²) < 4.78 is 21.2. The molecule has 0 unspecified atom stereocenters. The van der Waals surface area contributed by atoms with E-state index in [1.165, 1.54) is 22.7 Å². The maximum Gasteiger partial charge on any atom is 0.188 e. The Balaban J connectivity index is 0.000000769. The van der Waals surface area contributed by atoms with Gasteiger partial charge in [-0.1, -0.05) is 113 Å².